The Balaban J connectivity index is 2.11. The average molecular weight is 277 g/mol. The van der Waals surface area contributed by atoms with Gasteiger partial charge in [0.2, 0.25) is 5.91 Å². The molecule has 1 aromatic heterocycles. The molecule has 1 fully saturated rings. The number of amides is 2. The summed E-state index contributed by atoms with van der Waals surface area (Å²) in [4.78, 5) is 30.9. The second-order valence-electron chi connectivity index (χ2n) is 4.23. The standard InChI is InChI=1S/C13H16N3O2P/c1-3-12(17)15(2)10-4-5-11(14-8-10)13(18)16-6-7-19-9-16/h3-5,8,19H,1,6-7,9H2,2H3. The van der Waals surface area contributed by atoms with Gasteiger partial charge in [0.05, 0.1) is 11.9 Å². The molecule has 0 aliphatic carbocycles. The Labute approximate surface area is 114 Å². The molecule has 0 saturated carbocycles. The molecule has 2 rings (SSSR count). The van der Waals surface area contributed by atoms with E-state index in [1.54, 1.807) is 19.2 Å². The third-order valence-electron chi connectivity index (χ3n) is 3.01. The molecule has 1 atom stereocenters. The lowest BCUT2D eigenvalue weighted by Crippen LogP contribution is -2.29. The highest BCUT2D eigenvalue weighted by Crippen LogP contribution is 2.22. The number of rotatable bonds is 3. The van der Waals surface area contributed by atoms with E-state index in [0.29, 0.717) is 11.4 Å². The van der Waals surface area contributed by atoms with Gasteiger partial charge in [0.1, 0.15) is 5.69 Å². The lowest BCUT2D eigenvalue weighted by Gasteiger charge is -2.16. The number of anilines is 1. The molecular formula is C13H16N3O2P. The molecule has 6 heteroatoms. The highest BCUT2D eigenvalue weighted by Gasteiger charge is 2.20. The maximum absolute atomic E-state index is 12.1. The molecule has 100 valence electrons. The zero-order valence-corrected chi connectivity index (χ0v) is 11.8. The van der Waals surface area contributed by atoms with Crippen LogP contribution < -0.4 is 4.90 Å². The fourth-order valence-corrected chi connectivity index (χ4v) is 2.98. The van der Waals surface area contributed by atoms with Crippen LogP contribution in [0.3, 0.4) is 0 Å². The summed E-state index contributed by atoms with van der Waals surface area (Å²) in [6.45, 7) is 4.25. The first-order valence-corrected chi connectivity index (χ1v) is 7.41. The van der Waals surface area contributed by atoms with Gasteiger partial charge in [0.25, 0.3) is 5.91 Å². The quantitative estimate of drug-likeness (QED) is 0.618. The van der Waals surface area contributed by atoms with Crippen LogP contribution in [0.4, 0.5) is 5.69 Å². The molecule has 1 unspecified atom stereocenters. The van der Waals surface area contributed by atoms with Gasteiger partial charge >= 0.3 is 0 Å². The van der Waals surface area contributed by atoms with Crippen molar-refractivity contribution in [3.05, 3.63) is 36.7 Å². The third-order valence-corrected chi connectivity index (χ3v) is 4.19. The molecule has 2 amide bonds. The zero-order valence-electron chi connectivity index (χ0n) is 10.8. The van der Waals surface area contributed by atoms with Crippen LogP contribution >= 0.6 is 8.58 Å². The van der Waals surface area contributed by atoms with Gasteiger partial charge in [-0.3, -0.25) is 9.59 Å². The fraction of sp³-hybridized carbons (Fsp3) is 0.308. The van der Waals surface area contributed by atoms with Crippen molar-refractivity contribution in [2.24, 2.45) is 0 Å². The Hall–Kier alpha value is -1.74. The Bertz CT molecular complexity index is 495. The van der Waals surface area contributed by atoms with Crippen LogP contribution in [0.1, 0.15) is 10.5 Å². The van der Waals surface area contributed by atoms with Crippen LogP contribution in [-0.4, -0.2) is 47.7 Å². The van der Waals surface area contributed by atoms with Gasteiger partial charge in [-0.25, -0.2) is 4.98 Å². The molecule has 1 aromatic rings. The molecule has 0 aromatic carbocycles. The van der Waals surface area contributed by atoms with E-state index in [4.69, 9.17) is 0 Å². The highest BCUT2D eigenvalue weighted by atomic mass is 31.1. The number of aromatic nitrogens is 1. The SMILES string of the molecule is C=CC(=O)N(C)c1ccc(C(=O)N2CCPC2)nc1. The van der Waals surface area contributed by atoms with E-state index in [2.05, 4.69) is 11.6 Å². The van der Waals surface area contributed by atoms with Crippen molar-refractivity contribution in [2.75, 3.05) is 30.9 Å². The summed E-state index contributed by atoms with van der Waals surface area (Å²) in [5.41, 5.74) is 1.07. The van der Waals surface area contributed by atoms with Gasteiger partial charge in [0.15, 0.2) is 0 Å². The summed E-state index contributed by atoms with van der Waals surface area (Å²) >= 11 is 0. The van der Waals surface area contributed by atoms with Crippen LogP contribution in [0.2, 0.25) is 0 Å². The number of hydrogen-bond donors (Lipinski definition) is 0. The summed E-state index contributed by atoms with van der Waals surface area (Å²) in [6.07, 6.45) is 4.69. The number of carbonyl (C=O) groups excluding carboxylic acids is 2. The average Bonchev–Trinajstić information content (AvgIpc) is 2.99. The van der Waals surface area contributed by atoms with Crippen molar-refractivity contribution in [2.45, 2.75) is 0 Å². The summed E-state index contributed by atoms with van der Waals surface area (Å²) in [5, 5.41) is 0. The number of pyridine rings is 1. The minimum atomic E-state index is -0.207. The molecule has 0 radical (unpaired) electrons. The summed E-state index contributed by atoms with van der Waals surface area (Å²) < 4.78 is 0. The van der Waals surface area contributed by atoms with E-state index < -0.39 is 0 Å². The van der Waals surface area contributed by atoms with E-state index in [1.165, 1.54) is 17.2 Å². The zero-order chi connectivity index (χ0) is 13.8. The predicted octanol–water partition coefficient (Wildman–Crippen LogP) is 1.32. The van der Waals surface area contributed by atoms with Crippen molar-refractivity contribution in [1.82, 2.24) is 9.88 Å². The molecule has 1 aliphatic heterocycles. The maximum Gasteiger partial charge on any atom is 0.272 e. The van der Waals surface area contributed by atoms with Crippen LogP contribution in [0.25, 0.3) is 0 Å². The molecule has 19 heavy (non-hydrogen) atoms. The smallest absolute Gasteiger partial charge is 0.272 e. The summed E-state index contributed by atoms with van der Waals surface area (Å²) in [6, 6.07) is 3.38. The minimum Gasteiger partial charge on any atom is -0.333 e. The number of hydrogen-bond acceptors (Lipinski definition) is 3. The van der Waals surface area contributed by atoms with Crippen LogP contribution in [0, 0.1) is 0 Å². The van der Waals surface area contributed by atoms with Crippen molar-refractivity contribution in [3.8, 4) is 0 Å². The Morgan fingerprint density at radius 1 is 1.53 bits per heavy atom. The Kier molecular flexibility index (Phi) is 4.27. The Morgan fingerprint density at radius 2 is 2.32 bits per heavy atom. The molecule has 5 nitrogen and oxygen atoms in total. The van der Waals surface area contributed by atoms with E-state index in [0.717, 1.165) is 27.6 Å². The monoisotopic (exact) mass is 277 g/mol. The van der Waals surface area contributed by atoms with Gasteiger partial charge in [-0.05, 0) is 24.4 Å². The van der Waals surface area contributed by atoms with Crippen LogP contribution in [-0.2, 0) is 4.79 Å². The lowest BCUT2D eigenvalue weighted by atomic mass is 10.3. The first kappa shape index (κ1) is 13.7. The van der Waals surface area contributed by atoms with Gasteiger partial charge in [-0.2, -0.15) is 0 Å². The van der Waals surface area contributed by atoms with Gasteiger partial charge < -0.3 is 9.80 Å². The molecular weight excluding hydrogens is 261 g/mol. The number of carbonyl (C=O) groups is 2. The van der Waals surface area contributed by atoms with Gasteiger partial charge in [-0.1, -0.05) is 15.2 Å². The normalized spacial score (nSPS) is 15.5. The molecule has 1 saturated heterocycles. The van der Waals surface area contributed by atoms with Crippen LogP contribution in [0.5, 0.6) is 0 Å². The van der Waals surface area contributed by atoms with E-state index >= 15 is 0 Å². The number of likely N-dealkylation sites (N-methyl/N-ethyl adjacent to an activating group) is 1. The van der Waals surface area contributed by atoms with Crippen molar-refractivity contribution in [1.29, 1.82) is 0 Å². The van der Waals surface area contributed by atoms with E-state index in [-0.39, 0.29) is 11.8 Å². The Morgan fingerprint density at radius 3 is 2.84 bits per heavy atom. The molecule has 2 heterocycles. The third kappa shape index (κ3) is 2.99. The lowest BCUT2D eigenvalue weighted by molar-refractivity contribution is -0.113. The largest absolute Gasteiger partial charge is 0.333 e. The van der Waals surface area contributed by atoms with Crippen molar-refractivity contribution in [3.63, 3.8) is 0 Å². The van der Waals surface area contributed by atoms with Gasteiger partial charge in [0, 0.05) is 19.9 Å². The molecule has 0 bridgehead atoms. The summed E-state index contributed by atoms with van der Waals surface area (Å²) in [5.74, 6) is -0.240. The first-order chi connectivity index (χ1) is 9.13. The topological polar surface area (TPSA) is 53.5 Å². The first-order valence-electron chi connectivity index (χ1n) is 5.99. The minimum absolute atomic E-state index is 0.0331. The van der Waals surface area contributed by atoms with E-state index in [9.17, 15) is 9.59 Å². The predicted molar refractivity (Wildman–Crippen MR) is 76.9 cm³/mol. The molecule has 1 aliphatic rings. The fourth-order valence-electron chi connectivity index (χ4n) is 1.82. The van der Waals surface area contributed by atoms with Crippen molar-refractivity contribution >= 4 is 26.1 Å². The number of nitrogens with zero attached hydrogens (tertiary/aromatic N) is 3. The maximum atomic E-state index is 12.1. The van der Waals surface area contributed by atoms with E-state index in [1.807, 2.05) is 4.90 Å². The molecule has 0 spiro atoms. The van der Waals surface area contributed by atoms with Crippen LogP contribution in [0.15, 0.2) is 31.0 Å². The van der Waals surface area contributed by atoms with Crippen molar-refractivity contribution < 1.29 is 9.59 Å². The highest BCUT2D eigenvalue weighted by molar-refractivity contribution is 7.38. The molecule has 0 N–H and O–H groups in total. The summed E-state index contributed by atoms with van der Waals surface area (Å²) in [7, 11) is 2.47. The van der Waals surface area contributed by atoms with Gasteiger partial charge in [-0.15, -0.1) is 0 Å². The second kappa shape index (κ2) is 5.93. The second-order valence-corrected chi connectivity index (χ2v) is 5.55.